The SMILES string of the molecule is I.NC(=NCc1cnn(-c2ccc(Br)cc2)c1)NCC1CCC1. The third-order valence-electron chi connectivity index (χ3n) is 3.96. The number of hydrogen-bond acceptors (Lipinski definition) is 2. The highest BCUT2D eigenvalue weighted by atomic mass is 127. The zero-order valence-electron chi connectivity index (χ0n) is 12.8. The smallest absolute Gasteiger partial charge is 0.188 e. The zero-order chi connectivity index (χ0) is 15.4. The van der Waals surface area contributed by atoms with Crippen LogP contribution in [-0.2, 0) is 6.54 Å². The van der Waals surface area contributed by atoms with Gasteiger partial charge in [-0.1, -0.05) is 22.4 Å². The number of guanidine groups is 1. The molecule has 1 aliphatic rings. The topological polar surface area (TPSA) is 68.2 Å². The Kier molecular flexibility index (Phi) is 6.88. The summed E-state index contributed by atoms with van der Waals surface area (Å²) >= 11 is 3.43. The first-order chi connectivity index (χ1) is 10.7. The minimum atomic E-state index is 0. The Bertz CT molecular complexity index is 649. The van der Waals surface area contributed by atoms with Crippen LogP contribution >= 0.6 is 39.9 Å². The number of nitrogens with one attached hydrogen (secondary N) is 1. The molecule has 0 aliphatic heterocycles. The van der Waals surface area contributed by atoms with Gasteiger partial charge in [0.15, 0.2) is 5.96 Å². The molecule has 3 rings (SSSR count). The van der Waals surface area contributed by atoms with Crippen molar-refractivity contribution in [3.05, 3.63) is 46.7 Å². The Balaban J connectivity index is 0.00000192. The van der Waals surface area contributed by atoms with Crippen molar-refractivity contribution < 1.29 is 0 Å². The molecular formula is C16H21BrIN5. The molecule has 0 bridgehead atoms. The van der Waals surface area contributed by atoms with E-state index in [9.17, 15) is 0 Å². The van der Waals surface area contributed by atoms with Crippen LogP contribution in [-0.4, -0.2) is 22.3 Å². The van der Waals surface area contributed by atoms with Crippen molar-refractivity contribution in [3.8, 4) is 5.69 Å². The highest BCUT2D eigenvalue weighted by molar-refractivity contribution is 14.0. The molecule has 1 aliphatic carbocycles. The largest absolute Gasteiger partial charge is 0.370 e. The quantitative estimate of drug-likeness (QED) is 0.384. The molecular weight excluding hydrogens is 469 g/mol. The highest BCUT2D eigenvalue weighted by Crippen LogP contribution is 2.25. The summed E-state index contributed by atoms with van der Waals surface area (Å²) < 4.78 is 2.90. The summed E-state index contributed by atoms with van der Waals surface area (Å²) in [5, 5.41) is 7.56. The first-order valence-corrected chi connectivity index (χ1v) is 8.33. The highest BCUT2D eigenvalue weighted by Gasteiger charge is 2.16. The number of nitrogens with zero attached hydrogens (tertiary/aromatic N) is 3. The van der Waals surface area contributed by atoms with E-state index in [1.54, 1.807) is 0 Å². The predicted molar refractivity (Wildman–Crippen MR) is 107 cm³/mol. The van der Waals surface area contributed by atoms with Gasteiger partial charge >= 0.3 is 0 Å². The fraction of sp³-hybridized carbons (Fsp3) is 0.375. The summed E-state index contributed by atoms with van der Waals surface area (Å²) in [6.45, 7) is 1.48. The van der Waals surface area contributed by atoms with E-state index in [1.807, 2.05) is 41.3 Å². The number of halogens is 2. The number of hydrogen-bond donors (Lipinski definition) is 2. The molecule has 124 valence electrons. The third kappa shape index (κ3) is 5.20. The van der Waals surface area contributed by atoms with E-state index in [-0.39, 0.29) is 24.0 Å². The second kappa shape index (κ2) is 8.68. The van der Waals surface area contributed by atoms with Crippen molar-refractivity contribution in [1.29, 1.82) is 0 Å². The van der Waals surface area contributed by atoms with Crippen LogP contribution in [0.2, 0.25) is 0 Å². The normalized spacial score (nSPS) is 14.9. The van der Waals surface area contributed by atoms with Gasteiger partial charge in [-0.05, 0) is 43.0 Å². The molecule has 0 spiro atoms. The maximum atomic E-state index is 5.89. The van der Waals surface area contributed by atoms with Crippen molar-refractivity contribution in [2.24, 2.45) is 16.6 Å². The number of nitrogens with two attached hydrogens (primary N) is 1. The van der Waals surface area contributed by atoms with Crippen molar-refractivity contribution in [2.75, 3.05) is 6.54 Å². The first kappa shape index (κ1) is 18.3. The van der Waals surface area contributed by atoms with Gasteiger partial charge in [-0.25, -0.2) is 9.67 Å². The molecule has 1 heterocycles. The van der Waals surface area contributed by atoms with Gasteiger partial charge in [0.1, 0.15) is 0 Å². The summed E-state index contributed by atoms with van der Waals surface area (Å²) in [5.41, 5.74) is 7.95. The Labute approximate surface area is 161 Å². The van der Waals surface area contributed by atoms with Crippen molar-refractivity contribution in [3.63, 3.8) is 0 Å². The molecule has 2 aromatic rings. The van der Waals surface area contributed by atoms with E-state index >= 15 is 0 Å². The van der Waals surface area contributed by atoms with E-state index in [2.05, 4.69) is 31.3 Å². The Morgan fingerprint density at radius 2 is 2.09 bits per heavy atom. The van der Waals surface area contributed by atoms with E-state index in [0.717, 1.165) is 28.2 Å². The number of aromatic nitrogens is 2. The van der Waals surface area contributed by atoms with Crippen LogP contribution in [0.15, 0.2) is 46.1 Å². The standard InChI is InChI=1S/C16H20BrN5.HI/c17-14-4-6-15(7-5-14)22-11-13(10-21-22)9-20-16(18)19-8-12-2-1-3-12;/h4-7,10-12H,1-3,8-9H2,(H3,18,19,20);1H. The monoisotopic (exact) mass is 489 g/mol. The van der Waals surface area contributed by atoms with Gasteiger partial charge in [0.05, 0.1) is 18.4 Å². The lowest BCUT2D eigenvalue weighted by molar-refractivity contribution is 0.315. The van der Waals surface area contributed by atoms with Gasteiger partial charge in [-0.3, -0.25) is 0 Å². The van der Waals surface area contributed by atoms with Crippen LogP contribution < -0.4 is 11.1 Å². The molecule has 0 amide bonds. The van der Waals surface area contributed by atoms with E-state index in [4.69, 9.17) is 5.73 Å². The van der Waals surface area contributed by atoms with Crippen LogP contribution in [0.1, 0.15) is 24.8 Å². The van der Waals surface area contributed by atoms with Gasteiger partial charge in [0, 0.05) is 22.8 Å². The lowest BCUT2D eigenvalue weighted by Crippen LogP contribution is -2.37. The molecule has 23 heavy (non-hydrogen) atoms. The molecule has 0 unspecified atom stereocenters. The minimum absolute atomic E-state index is 0. The second-order valence-corrected chi connectivity index (χ2v) is 6.56. The molecule has 1 aromatic heterocycles. The summed E-state index contributed by atoms with van der Waals surface area (Å²) in [6, 6.07) is 8.02. The molecule has 1 aromatic carbocycles. The van der Waals surface area contributed by atoms with Gasteiger partial charge in [-0.2, -0.15) is 5.10 Å². The summed E-state index contributed by atoms with van der Waals surface area (Å²) in [5.74, 6) is 1.29. The molecule has 1 saturated carbocycles. The van der Waals surface area contributed by atoms with Crippen LogP contribution in [0.3, 0.4) is 0 Å². The maximum Gasteiger partial charge on any atom is 0.188 e. The van der Waals surface area contributed by atoms with Crippen molar-refractivity contribution in [2.45, 2.75) is 25.8 Å². The lowest BCUT2D eigenvalue weighted by atomic mass is 9.85. The number of rotatable bonds is 5. The van der Waals surface area contributed by atoms with Crippen LogP contribution in [0.5, 0.6) is 0 Å². The molecule has 0 radical (unpaired) electrons. The van der Waals surface area contributed by atoms with Gasteiger partial charge < -0.3 is 11.1 Å². The molecule has 0 saturated heterocycles. The minimum Gasteiger partial charge on any atom is -0.370 e. The maximum absolute atomic E-state index is 5.89. The average molecular weight is 490 g/mol. The first-order valence-electron chi connectivity index (χ1n) is 7.54. The predicted octanol–water partition coefficient (Wildman–Crippen LogP) is 3.46. The van der Waals surface area contributed by atoms with E-state index in [0.29, 0.717) is 12.5 Å². The van der Waals surface area contributed by atoms with Crippen molar-refractivity contribution >= 4 is 45.9 Å². The molecule has 5 nitrogen and oxygen atoms in total. The Hall–Kier alpha value is -1.09. The van der Waals surface area contributed by atoms with Crippen LogP contribution in [0, 0.1) is 5.92 Å². The number of benzene rings is 1. The molecule has 1 fully saturated rings. The van der Waals surface area contributed by atoms with E-state index in [1.165, 1.54) is 19.3 Å². The van der Waals surface area contributed by atoms with Crippen molar-refractivity contribution in [1.82, 2.24) is 15.1 Å². The Morgan fingerprint density at radius 3 is 2.74 bits per heavy atom. The van der Waals surface area contributed by atoms with Crippen LogP contribution in [0.25, 0.3) is 5.69 Å². The Morgan fingerprint density at radius 1 is 1.35 bits per heavy atom. The fourth-order valence-corrected chi connectivity index (χ4v) is 2.62. The fourth-order valence-electron chi connectivity index (χ4n) is 2.35. The summed E-state index contributed by atoms with van der Waals surface area (Å²) in [6.07, 6.45) is 7.76. The van der Waals surface area contributed by atoms with Crippen LogP contribution in [0.4, 0.5) is 0 Å². The summed E-state index contributed by atoms with van der Waals surface area (Å²) in [7, 11) is 0. The average Bonchev–Trinajstić information content (AvgIpc) is 2.93. The van der Waals surface area contributed by atoms with E-state index < -0.39 is 0 Å². The second-order valence-electron chi connectivity index (χ2n) is 5.65. The molecule has 7 heteroatoms. The lowest BCUT2D eigenvalue weighted by Gasteiger charge is -2.25. The number of aliphatic imine (C=N–C) groups is 1. The van der Waals surface area contributed by atoms with Gasteiger partial charge in [0.25, 0.3) is 0 Å². The molecule has 0 atom stereocenters. The summed E-state index contributed by atoms with van der Waals surface area (Å²) in [4.78, 5) is 4.37. The molecule has 3 N–H and O–H groups in total. The third-order valence-corrected chi connectivity index (χ3v) is 4.48. The van der Waals surface area contributed by atoms with Gasteiger partial charge in [0.2, 0.25) is 0 Å². The zero-order valence-corrected chi connectivity index (χ0v) is 16.7. The van der Waals surface area contributed by atoms with Gasteiger partial charge in [-0.15, -0.1) is 24.0 Å².